The van der Waals surface area contributed by atoms with Crippen LogP contribution in [-0.4, -0.2) is 16.2 Å². The summed E-state index contributed by atoms with van der Waals surface area (Å²) in [4.78, 5) is 12.1. The summed E-state index contributed by atoms with van der Waals surface area (Å²) in [5.41, 5.74) is 2.31. The highest BCUT2D eigenvalue weighted by molar-refractivity contribution is 7.10. The Balaban J connectivity index is 1.80. The van der Waals surface area contributed by atoms with Crippen molar-refractivity contribution in [2.24, 2.45) is 0 Å². The fourth-order valence-electron chi connectivity index (χ4n) is 2.93. The third kappa shape index (κ3) is 3.09. The molecule has 2 atom stereocenters. The molecule has 2 unspecified atom stereocenters. The largest absolute Gasteiger partial charge is 0.508 e. The van der Waals surface area contributed by atoms with Crippen LogP contribution < -0.4 is 5.32 Å². The molecule has 3 rings (SSSR count). The Kier molecular flexibility index (Phi) is 3.94. The Bertz CT molecular complexity index is 639. The summed E-state index contributed by atoms with van der Waals surface area (Å²) in [7, 11) is 0. The fraction of sp³-hybridized carbons (Fsp3) is 0.312. The lowest BCUT2D eigenvalue weighted by Crippen LogP contribution is -2.26. The van der Waals surface area contributed by atoms with Crippen LogP contribution in [0.5, 0.6) is 5.75 Å². The maximum Gasteiger partial charge on any atom is 0.305 e. The molecule has 5 heteroatoms. The molecule has 0 aliphatic heterocycles. The molecule has 3 N–H and O–H groups in total. The van der Waals surface area contributed by atoms with Crippen molar-refractivity contribution in [2.75, 3.05) is 0 Å². The molecular formula is C16H17NO3S. The van der Waals surface area contributed by atoms with Gasteiger partial charge in [-0.25, -0.2) is 0 Å². The molecule has 2 aromatic rings. The summed E-state index contributed by atoms with van der Waals surface area (Å²) in [5, 5.41) is 24.1. The van der Waals surface area contributed by atoms with Crippen LogP contribution in [0.3, 0.4) is 0 Å². The van der Waals surface area contributed by atoms with E-state index in [0.29, 0.717) is 0 Å². The molecule has 0 fully saturated rings. The predicted molar refractivity (Wildman–Crippen MR) is 81.6 cm³/mol. The molecule has 0 saturated carbocycles. The van der Waals surface area contributed by atoms with Gasteiger partial charge in [0.15, 0.2) is 0 Å². The summed E-state index contributed by atoms with van der Waals surface area (Å²) >= 11 is 1.57. The molecule has 0 bridgehead atoms. The Morgan fingerprint density at radius 1 is 1.43 bits per heavy atom. The van der Waals surface area contributed by atoms with Gasteiger partial charge >= 0.3 is 5.97 Å². The number of hydrogen-bond donors (Lipinski definition) is 3. The highest BCUT2D eigenvalue weighted by Crippen LogP contribution is 2.36. The van der Waals surface area contributed by atoms with E-state index in [-0.39, 0.29) is 24.3 Å². The zero-order chi connectivity index (χ0) is 14.8. The second-order valence-electron chi connectivity index (χ2n) is 5.31. The monoisotopic (exact) mass is 303 g/mol. The van der Waals surface area contributed by atoms with Gasteiger partial charge in [0.25, 0.3) is 0 Å². The molecule has 4 nitrogen and oxygen atoms in total. The third-order valence-electron chi connectivity index (χ3n) is 3.87. The zero-order valence-corrected chi connectivity index (χ0v) is 12.3. The van der Waals surface area contributed by atoms with Crippen molar-refractivity contribution in [3.05, 3.63) is 51.7 Å². The van der Waals surface area contributed by atoms with Gasteiger partial charge in [0.1, 0.15) is 5.75 Å². The van der Waals surface area contributed by atoms with Crippen LogP contribution in [0.2, 0.25) is 0 Å². The van der Waals surface area contributed by atoms with Crippen molar-refractivity contribution in [2.45, 2.75) is 31.3 Å². The van der Waals surface area contributed by atoms with Crippen LogP contribution in [-0.2, 0) is 11.2 Å². The van der Waals surface area contributed by atoms with Gasteiger partial charge in [0.05, 0.1) is 12.5 Å². The van der Waals surface area contributed by atoms with E-state index >= 15 is 0 Å². The molecular weight excluding hydrogens is 286 g/mol. The minimum Gasteiger partial charge on any atom is -0.508 e. The maximum absolute atomic E-state index is 11.1. The van der Waals surface area contributed by atoms with Gasteiger partial charge in [-0.2, -0.15) is 0 Å². The Morgan fingerprint density at radius 3 is 3.00 bits per heavy atom. The van der Waals surface area contributed by atoms with E-state index in [0.717, 1.165) is 23.3 Å². The first-order chi connectivity index (χ1) is 10.1. The van der Waals surface area contributed by atoms with Crippen molar-refractivity contribution < 1.29 is 15.0 Å². The maximum atomic E-state index is 11.1. The molecule has 0 radical (unpaired) electrons. The van der Waals surface area contributed by atoms with Gasteiger partial charge in [0, 0.05) is 10.9 Å². The van der Waals surface area contributed by atoms with Gasteiger partial charge in [-0.05, 0) is 47.5 Å². The minimum absolute atomic E-state index is 0.0738. The lowest BCUT2D eigenvalue weighted by molar-refractivity contribution is -0.137. The van der Waals surface area contributed by atoms with Crippen molar-refractivity contribution in [3.8, 4) is 5.75 Å². The van der Waals surface area contributed by atoms with Crippen molar-refractivity contribution >= 4 is 17.3 Å². The number of hydrogen-bond acceptors (Lipinski definition) is 4. The molecule has 1 aliphatic rings. The first kappa shape index (κ1) is 14.1. The average Bonchev–Trinajstić information content (AvgIpc) is 3.07. The molecule has 1 aliphatic carbocycles. The summed E-state index contributed by atoms with van der Waals surface area (Å²) in [5.74, 6) is -0.514. The molecule has 21 heavy (non-hydrogen) atoms. The average molecular weight is 303 g/mol. The number of phenolic OH excluding ortho intramolecular Hbond substituents is 1. The van der Waals surface area contributed by atoms with Crippen LogP contribution in [0, 0.1) is 0 Å². The number of benzene rings is 1. The highest BCUT2D eigenvalue weighted by Gasteiger charge is 2.27. The van der Waals surface area contributed by atoms with E-state index in [1.807, 2.05) is 23.6 Å². The summed E-state index contributed by atoms with van der Waals surface area (Å²) in [6.07, 6.45) is 1.91. The van der Waals surface area contributed by atoms with E-state index in [9.17, 15) is 9.90 Å². The van der Waals surface area contributed by atoms with Crippen molar-refractivity contribution in [1.82, 2.24) is 5.32 Å². The van der Waals surface area contributed by atoms with Gasteiger partial charge < -0.3 is 15.5 Å². The number of thiophene rings is 1. The number of aryl methyl sites for hydroxylation is 1. The first-order valence-corrected chi connectivity index (χ1v) is 7.84. The highest BCUT2D eigenvalue weighted by atomic mass is 32.1. The second kappa shape index (κ2) is 5.87. The van der Waals surface area contributed by atoms with E-state index < -0.39 is 5.97 Å². The molecule has 110 valence electrons. The zero-order valence-electron chi connectivity index (χ0n) is 11.5. The van der Waals surface area contributed by atoms with E-state index in [4.69, 9.17) is 5.11 Å². The lowest BCUT2D eigenvalue weighted by atomic mass is 10.1. The Labute approximate surface area is 127 Å². The van der Waals surface area contributed by atoms with E-state index in [2.05, 4.69) is 5.32 Å². The number of aliphatic carboxylic acids is 1. The van der Waals surface area contributed by atoms with Crippen LogP contribution in [0.1, 0.15) is 40.9 Å². The van der Waals surface area contributed by atoms with Crippen LogP contribution in [0.25, 0.3) is 0 Å². The van der Waals surface area contributed by atoms with Crippen molar-refractivity contribution in [3.63, 3.8) is 0 Å². The summed E-state index contributed by atoms with van der Waals surface area (Å²) < 4.78 is 0. The Hall–Kier alpha value is -1.85. The first-order valence-electron chi connectivity index (χ1n) is 6.96. The molecule has 0 amide bonds. The fourth-order valence-corrected chi connectivity index (χ4v) is 3.71. The lowest BCUT2D eigenvalue weighted by Gasteiger charge is -2.21. The second-order valence-corrected chi connectivity index (χ2v) is 6.29. The molecule has 1 heterocycles. The standard InChI is InChI=1S/C16H17NO3S/c18-11-4-5-12-10(8-11)3-6-13(12)17-14(9-16(19)20)15-2-1-7-21-15/h1-2,4-5,7-8,13-14,17-18H,3,6,9H2,(H,19,20). The summed E-state index contributed by atoms with van der Waals surface area (Å²) in [6, 6.07) is 9.31. The molecule has 1 aromatic carbocycles. The smallest absolute Gasteiger partial charge is 0.305 e. The van der Waals surface area contributed by atoms with Crippen LogP contribution in [0.15, 0.2) is 35.7 Å². The van der Waals surface area contributed by atoms with E-state index in [1.54, 1.807) is 23.5 Å². The number of fused-ring (bicyclic) bond motifs is 1. The predicted octanol–water partition coefficient (Wildman–Crippen LogP) is 3.25. The SMILES string of the molecule is O=C(O)CC(NC1CCc2cc(O)ccc21)c1cccs1. The minimum atomic E-state index is -0.801. The number of rotatable bonds is 5. The quantitative estimate of drug-likeness (QED) is 0.793. The third-order valence-corrected chi connectivity index (χ3v) is 4.86. The number of carboxylic acids is 1. The van der Waals surface area contributed by atoms with E-state index in [1.165, 1.54) is 5.56 Å². The normalized spacial score (nSPS) is 18.4. The summed E-state index contributed by atoms with van der Waals surface area (Å²) in [6.45, 7) is 0. The van der Waals surface area contributed by atoms with Gasteiger partial charge in [0.2, 0.25) is 0 Å². The van der Waals surface area contributed by atoms with Gasteiger partial charge in [-0.1, -0.05) is 12.1 Å². The Morgan fingerprint density at radius 2 is 2.29 bits per heavy atom. The van der Waals surface area contributed by atoms with Crippen LogP contribution >= 0.6 is 11.3 Å². The van der Waals surface area contributed by atoms with Crippen molar-refractivity contribution in [1.29, 1.82) is 0 Å². The number of nitrogens with one attached hydrogen (secondary N) is 1. The number of carbonyl (C=O) groups is 1. The molecule has 1 aromatic heterocycles. The van der Waals surface area contributed by atoms with Gasteiger partial charge in [-0.3, -0.25) is 4.79 Å². The number of aromatic hydroxyl groups is 1. The molecule has 0 saturated heterocycles. The molecule has 0 spiro atoms. The van der Waals surface area contributed by atoms with Gasteiger partial charge in [-0.15, -0.1) is 11.3 Å². The van der Waals surface area contributed by atoms with Crippen LogP contribution in [0.4, 0.5) is 0 Å². The number of phenols is 1. The number of carboxylic acid groups (broad SMARTS) is 1. The topological polar surface area (TPSA) is 69.6 Å².